The third-order valence-electron chi connectivity index (χ3n) is 5.88. The van der Waals surface area contributed by atoms with Crippen molar-refractivity contribution in [2.75, 3.05) is 37.7 Å². The van der Waals surface area contributed by atoms with E-state index in [9.17, 15) is 14.0 Å². The summed E-state index contributed by atoms with van der Waals surface area (Å²) >= 11 is 0. The van der Waals surface area contributed by atoms with Crippen LogP contribution in [0.4, 0.5) is 10.1 Å². The summed E-state index contributed by atoms with van der Waals surface area (Å²) in [5.74, 6) is 0.750. The molecule has 1 aliphatic heterocycles. The van der Waals surface area contributed by atoms with E-state index in [-0.39, 0.29) is 35.8 Å². The summed E-state index contributed by atoms with van der Waals surface area (Å²) in [6.45, 7) is 6.32. The predicted octanol–water partition coefficient (Wildman–Crippen LogP) is 3.21. The molecule has 1 aromatic heterocycles. The van der Waals surface area contributed by atoms with E-state index in [1.807, 2.05) is 4.90 Å². The van der Waals surface area contributed by atoms with Crippen LogP contribution in [0.15, 0.2) is 66.0 Å². The van der Waals surface area contributed by atoms with Gasteiger partial charge in [-0.15, -0.1) is 16.8 Å². The molecule has 182 valence electrons. The van der Waals surface area contributed by atoms with Crippen LogP contribution in [0.1, 0.15) is 18.5 Å². The summed E-state index contributed by atoms with van der Waals surface area (Å²) < 4.78 is 19.6. The second-order valence-corrected chi connectivity index (χ2v) is 8.22. The maximum absolute atomic E-state index is 14.0. The van der Waals surface area contributed by atoms with E-state index in [1.165, 1.54) is 6.07 Å². The van der Waals surface area contributed by atoms with Gasteiger partial charge in [0.15, 0.2) is 5.82 Å². The molecule has 2 aromatic carbocycles. The van der Waals surface area contributed by atoms with Crippen molar-refractivity contribution in [1.29, 1.82) is 0 Å². The van der Waals surface area contributed by atoms with Crippen LogP contribution in [-0.4, -0.2) is 58.8 Å². The fourth-order valence-electron chi connectivity index (χ4n) is 3.91. The molecule has 9 heteroatoms. The van der Waals surface area contributed by atoms with Gasteiger partial charge < -0.3 is 19.5 Å². The molecule has 1 fully saturated rings. The number of ether oxygens (including phenoxy) is 1. The van der Waals surface area contributed by atoms with Crippen LogP contribution >= 0.6 is 0 Å². The van der Waals surface area contributed by atoms with Gasteiger partial charge in [0.1, 0.15) is 17.3 Å². The monoisotopic (exact) mass is 477 g/mol. The number of hydrogen-bond donors (Lipinski definition) is 1. The number of piperazine rings is 1. The van der Waals surface area contributed by atoms with Gasteiger partial charge in [-0.25, -0.2) is 4.39 Å². The molecule has 1 saturated heterocycles. The molecule has 0 radical (unpaired) electrons. The predicted molar refractivity (Wildman–Crippen MR) is 132 cm³/mol. The molecule has 0 bridgehead atoms. The van der Waals surface area contributed by atoms with Crippen molar-refractivity contribution < 1.29 is 13.9 Å². The standard InChI is InChI=1S/C26H28FN5O3/c1-2-3-18-35-20-10-8-19(9-11-20)25-28-26(34)22(29-30-25)12-13-24(33)32-16-14-31(15-17-32)23-7-5-4-6-21(23)27/h2,4-11H,1,3,12-18H2,(H,28,30,34). The van der Waals surface area contributed by atoms with Gasteiger partial charge in [0, 0.05) is 44.6 Å². The van der Waals surface area contributed by atoms with E-state index >= 15 is 0 Å². The number of hydrogen-bond acceptors (Lipinski definition) is 6. The molecule has 0 spiro atoms. The van der Waals surface area contributed by atoms with Gasteiger partial charge >= 0.3 is 0 Å². The number of aromatic nitrogens is 3. The summed E-state index contributed by atoms with van der Waals surface area (Å²) in [5.41, 5.74) is 1.12. The van der Waals surface area contributed by atoms with Crippen molar-refractivity contribution in [2.45, 2.75) is 19.3 Å². The minimum absolute atomic E-state index is 0.0597. The smallest absolute Gasteiger partial charge is 0.273 e. The highest BCUT2D eigenvalue weighted by atomic mass is 19.1. The van der Waals surface area contributed by atoms with Gasteiger partial charge in [-0.3, -0.25) is 9.59 Å². The lowest BCUT2D eigenvalue weighted by atomic mass is 10.2. The van der Waals surface area contributed by atoms with Gasteiger partial charge in [0.2, 0.25) is 5.91 Å². The van der Waals surface area contributed by atoms with Crippen molar-refractivity contribution >= 4 is 11.6 Å². The van der Waals surface area contributed by atoms with Crippen molar-refractivity contribution in [2.24, 2.45) is 0 Å². The first-order chi connectivity index (χ1) is 17.0. The Morgan fingerprint density at radius 3 is 2.51 bits per heavy atom. The van der Waals surface area contributed by atoms with Crippen molar-refractivity contribution in [3.05, 3.63) is 83.1 Å². The lowest BCUT2D eigenvalue weighted by Gasteiger charge is -2.36. The molecule has 1 aliphatic rings. The Labute approximate surface area is 203 Å². The van der Waals surface area contributed by atoms with Crippen LogP contribution in [0, 0.1) is 5.82 Å². The van der Waals surface area contributed by atoms with Gasteiger partial charge in [-0.05, 0) is 42.8 Å². The van der Waals surface area contributed by atoms with Gasteiger partial charge in [-0.1, -0.05) is 18.2 Å². The molecule has 8 nitrogen and oxygen atoms in total. The third-order valence-corrected chi connectivity index (χ3v) is 5.88. The van der Waals surface area contributed by atoms with E-state index in [1.54, 1.807) is 53.4 Å². The van der Waals surface area contributed by atoms with Crippen LogP contribution in [0.2, 0.25) is 0 Å². The van der Waals surface area contributed by atoms with E-state index in [0.29, 0.717) is 49.9 Å². The fourth-order valence-corrected chi connectivity index (χ4v) is 3.91. The number of aryl methyl sites for hydroxylation is 1. The maximum Gasteiger partial charge on any atom is 0.273 e. The van der Waals surface area contributed by atoms with Gasteiger partial charge in [0.05, 0.1) is 12.3 Å². The topological polar surface area (TPSA) is 91.4 Å². The number of aromatic amines is 1. The quantitative estimate of drug-likeness (QED) is 0.376. The van der Waals surface area contributed by atoms with Crippen molar-refractivity contribution in [3.8, 4) is 17.1 Å². The summed E-state index contributed by atoms with van der Waals surface area (Å²) in [4.78, 5) is 31.6. The normalized spacial score (nSPS) is 13.5. The molecule has 0 atom stereocenters. The summed E-state index contributed by atoms with van der Waals surface area (Å²) in [5, 5.41) is 8.19. The Hall–Kier alpha value is -4.01. The number of benzene rings is 2. The number of carbonyl (C=O) groups is 1. The Balaban J connectivity index is 1.29. The van der Waals surface area contributed by atoms with Crippen LogP contribution in [-0.2, 0) is 11.2 Å². The molecule has 35 heavy (non-hydrogen) atoms. The lowest BCUT2D eigenvalue weighted by Crippen LogP contribution is -2.49. The summed E-state index contributed by atoms with van der Waals surface area (Å²) in [6.07, 6.45) is 2.91. The minimum atomic E-state index is -0.363. The largest absolute Gasteiger partial charge is 0.493 e. The maximum atomic E-state index is 14.0. The summed E-state index contributed by atoms with van der Waals surface area (Å²) in [6, 6.07) is 13.8. The SMILES string of the molecule is C=CCCOc1ccc(-c2nnc(CCC(=O)N3CCN(c4ccccc4F)CC3)c(=O)[nH]2)cc1. The van der Waals surface area contributed by atoms with E-state index < -0.39 is 0 Å². The fraction of sp³-hybridized carbons (Fsp3) is 0.308. The Kier molecular flexibility index (Phi) is 7.87. The second-order valence-electron chi connectivity index (χ2n) is 8.22. The lowest BCUT2D eigenvalue weighted by molar-refractivity contribution is -0.131. The third kappa shape index (κ3) is 6.11. The number of amides is 1. The number of para-hydroxylation sites is 1. The molecular weight excluding hydrogens is 449 g/mol. The average molecular weight is 478 g/mol. The number of halogens is 1. The molecule has 4 rings (SSSR count). The number of nitrogens with one attached hydrogen (secondary N) is 1. The first kappa shape index (κ1) is 24.1. The highest BCUT2D eigenvalue weighted by Crippen LogP contribution is 2.21. The van der Waals surface area contributed by atoms with E-state index in [4.69, 9.17) is 4.74 Å². The van der Waals surface area contributed by atoms with E-state index in [0.717, 1.165) is 12.2 Å². The number of carbonyl (C=O) groups excluding carboxylic acids is 1. The first-order valence-electron chi connectivity index (χ1n) is 11.6. The van der Waals surface area contributed by atoms with Crippen LogP contribution in [0.3, 0.4) is 0 Å². The molecule has 1 N–H and O–H groups in total. The van der Waals surface area contributed by atoms with Gasteiger partial charge in [0.25, 0.3) is 5.56 Å². The molecular formula is C26H28FN5O3. The van der Waals surface area contributed by atoms with Crippen LogP contribution < -0.4 is 15.2 Å². The second kappa shape index (κ2) is 11.4. The van der Waals surface area contributed by atoms with E-state index in [2.05, 4.69) is 21.8 Å². The summed E-state index contributed by atoms with van der Waals surface area (Å²) in [7, 11) is 0. The number of rotatable bonds is 9. The number of anilines is 1. The molecule has 0 unspecified atom stereocenters. The van der Waals surface area contributed by atoms with Crippen molar-refractivity contribution in [3.63, 3.8) is 0 Å². The van der Waals surface area contributed by atoms with Gasteiger partial charge in [-0.2, -0.15) is 0 Å². The molecule has 3 aromatic rings. The number of H-pyrrole nitrogens is 1. The van der Waals surface area contributed by atoms with Crippen LogP contribution in [0.25, 0.3) is 11.4 Å². The Morgan fingerprint density at radius 2 is 1.83 bits per heavy atom. The van der Waals surface area contributed by atoms with Crippen molar-refractivity contribution in [1.82, 2.24) is 20.1 Å². The Morgan fingerprint density at radius 1 is 1.09 bits per heavy atom. The average Bonchev–Trinajstić information content (AvgIpc) is 2.89. The highest BCUT2D eigenvalue weighted by Gasteiger charge is 2.23. The zero-order valence-electron chi connectivity index (χ0n) is 19.5. The zero-order chi connectivity index (χ0) is 24.6. The molecule has 1 amide bonds. The van der Waals surface area contributed by atoms with Crippen LogP contribution in [0.5, 0.6) is 5.75 Å². The number of nitrogens with zero attached hydrogens (tertiary/aromatic N) is 4. The Bertz CT molecular complexity index is 1220. The molecule has 0 aliphatic carbocycles. The molecule has 0 saturated carbocycles. The molecule has 2 heterocycles. The zero-order valence-corrected chi connectivity index (χ0v) is 19.5. The minimum Gasteiger partial charge on any atom is -0.493 e. The highest BCUT2D eigenvalue weighted by molar-refractivity contribution is 5.76. The first-order valence-corrected chi connectivity index (χ1v) is 11.6.